The zero-order valence-electron chi connectivity index (χ0n) is 14.4. The fraction of sp³-hybridized carbons (Fsp3) is 0.263. The molecule has 0 atom stereocenters. The molecule has 0 spiro atoms. The molecule has 0 bridgehead atoms. The minimum Gasteiger partial charge on any atom is -0.463 e. The predicted molar refractivity (Wildman–Crippen MR) is 95.5 cm³/mol. The number of nitrogens with zero attached hydrogens (tertiary/aromatic N) is 3. The van der Waals surface area contributed by atoms with E-state index >= 15 is 0 Å². The van der Waals surface area contributed by atoms with Gasteiger partial charge in [0.25, 0.3) is 0 Å². The van der Waals surface area contributed by atoms with Crippen LogP contribution in [0, 0.1) is 6.92 Å². The highest BCUT2D eigenvalue weighted by molar-refractivity contribution is 5.98. The monoisotopic (exact) mass is 323 g/mol. The molecule has 0 fully saturated rings. The van der Waals surface area contributed by atoms with E-state index in [4.69, 9.17) is 4.74 Å². The Morgan fingerprint density at radius 2 is 2.04 bits per heavy atom. The first-order chi connectivity index (χ1) is 11.5. The fourth-order valence-corrected chi connectivity index (χ4v) is 3.07. The summed E-state index contributed by atoms with van der Waals surface area (Å²) < 4.78 is 8.94. The minimum absolute atomic E-state index is 0.343. The van der Waals surface area contributed by atoms with E-state index in [-0.39, 0.29) is 5.97 Å². The van der Waals surface area contributed by atoms with E-state index in [2.05, 4.69) is 28.0 Å². The van der Waals surface area contributed by atoms with Crippen molar-refractivity contribution in [3.63, 3.8) is 0 Å². The number of fused-ring (bicyclic) bond motifs is 1. The van der Waals surface area contributed by atoms with Crippen LogP contribution >= 0.6 is 0 Å². The Morgan fingerprint density at radius 3 is 2.79 bits per heavy atom. The Bertz CT molecular complexity index is 932. The molecule has 1 aromatic carbocycles. The van der Waals surface area contributed by atoms with Gasteiger partial charge in [-0.15, -0.1) is 0 Å². The average molecular weight is 323 g/mol. The molecular formula is C19H21N3O2. The number of carbonyl (C=O) groups excluding carboxylic acids is 1. The topological polar surface area (TPSA) is 49.0 Å². The molecule has 0 aliphatic heterocycles. The smallest absolute Gasteiger partial charge is 0.330 e. The lowest BCUT2D eigenvalue weighted by molar-refractivity contribution is -0.137. The van der Waals surface area contributed by atoms with Gasteiger partial charge in [-0.05, 0) is 26.0 Å². The number of hydrogen-bond donors (Lipinski definition) is 0. The summed E-state index contributed by atoms with van der Waals surface area (Å²) in [5.41, 5.74) is 5.05. The number of rotatable bonds is 4. The van der Waals surface area contributed by atoms with E-state index in [9.17, 15) is 4.79 Å². The number of aromatic nitrogens is 3. The Balaban J connectivity index is 2.16. The highest BCUT2D eigenvalue weighted by Crippen LogP contribution is 2.33. The molecule has 0 amide bonds. The van der Waals surface area contributed by atoms with Crippen molar-refractivity contribution in [2.24, 2.45) is 14.1 Å². The lowest BCUT2D eigenvalue weighted by Crippen LogP contribution is -1.99. The third-order valence-electron chi connectivity index (χ3n) is 4.09. The van der Waals surface area contributed by atoms with Crippen molar-refractivity contribution < 1.29 is 9.53 Å². The average Bonchev–Trinajstić information content (AvgIpc) is 3.02. The number of aryl methyl sites for hydroxylation is 3. The molecule has 0 N–H and O–H groups in total. The number of ether oxygens (including phenoxy) is 1. The first-order valence-electron chi connectivity index (χ1n) is 7.95. The van der Waals surface area contributed by atoms with E-state index in [0.717, 1.165) is 33.4 Å². The molecule has 0 aliphatic rings. The molecule has 5 heteroatoms. The molecule has 0 saturated heterocycles. The van der Waals surface area contributed by atoms with Crippen molar-refractivity contribution in [3.8, 4) is 11.3 Å². The van der Waals surface area contributed by atoms with E-state index in [1.165, 1.54) is 6.08 Å². The van der Waals surface area contributed by atoms with Crippen LogP contribution in [0.1, 0.15) is 18.2 Å². The lowest BCUT2D eigenvalue weighted by atomic mass is 10.0. The van der Waals surface area contributed by atoms with Crippen LogP contribution in [0.2, 0.25) is 0 Å². The molecule has 5 nitrogen and oxygen atoms in total. The van der Waals surface area contributed by atoms with Crippen LogP contribution in [0.3, 0.4) is 0 Å². The molecule has 0 radical (unpaired) electrons. The van der Waals surface area contributed by atoms with E-state index in [0.29, 0.717) is 6.61 Å². The zero-order chi connectivity index (χ0) is 17.3. The van der Waals surface area contributed by atoms with Gasteiger partial charge in [-0.1, -0.05) is 18.2 Å². The van der Waals surface area contributed by atoms with Crippen LogP contribution in [0.15, 0.2) is 36.5 Å². The molecule has 124 valence electrons. The summed E-state index contributed by atoms with van der Waals surface area (Å²) in [7, 11) is 3.95. The number of carbonyl (C=O) groups is 1. The van der Waals surface area contributed by atoms with Crippen molar-refractivity contribution in [2.75, 3.05) is 6.61 Å². The third-order valence-corrected chi connectivity index (χ3v) is 4.09. The van der Waals surface area contributed by atoms with Crippen molar-refractivity contribution in [2.45, 2.75) is 13.8 Å². The SMILES string of the molecule is CCOC(=O)C=Cc1c(C)nn(C)c1-c1cn(C)c2ccccc12. The van der Waals surface area contributed by atoms with Crippen molar-refractivity contribution in [1.82, 2.24) is 14.3 Å². The van der Waals surface area contributed by atoms with Crippen LogP contribution < -0.4 is 0 Å². The summed E-state index contributed by atoms with van der Waals surface area (Å²) >= 11 is 0. The van der Waals surface area contributed by atoms with Crippen LogP contribution in [-0.4, -0.2) is 26.9 Å². The normalized spacial score (nSPS) is 11.5. The van der Waals surface area contributed by atoms with Crippen LogP contribution in [-0.2, 0) is 23.6 Å². The van der Waals surface area contributed by atoms with Gasteiger partial charge >= 0.3 is 5.97 Å². The summed E-state index contributed by atoms with van der Waals surface area (Å²) in [6.45, 7) is 4.10. The number of para-hydroxylation sites is 1. The minimum atomic E-state index is -0.343. The molecule has 2 aromatic heterocycles. The maximum absolute atomic E-state index is 11.7. The lowest BCUT2D eigenvalue weighted by Gasteiger charge is -2.03. The highest BCUT2D eigenvalue weighted by atomic mass is 16.5. The van der Waals surface area contributed by atoms with Gasteiger partial charge in [0.15, 0.2) is 0 Å². The van der Waals surface area contributed by atoms with Crippen LogP contribution in [0.4, 0.5) is 0 Å². The van der Waals surface area contributed by atoms with Gasteiger partial charge in [-0.25, -0.2) is 4.79 Å². The molecule has 2 heterocycles. The first kappa shape index (κ1) is 16.1. The molecule has 0 aliphatic carbocycles. The summed E-state index contributed by atoms with van der Waals surface area (Å²) in [6, 6.07) is 8.26. The second-order valence-electron chi connectivity index (χ2n) is 5.73. The molecular weight excluding hydrogens is 302 g/mol. The van der Waals surface area contributed by atoms with Crippen molar-refractivity contribution in [1.29, 1.82) is 0 Å². The second-order valence-corrected chi connectivity index (χ2v) is 5.73. The second kappa shape index (κ2) is 6.35. The zero-order valence-corrected chi connectivity index (χ0v) is 14.4. The van der Waals surface area contributed by atoms with E-state index in [1.807, 2.05) is 37.8 Å². The molecule has 3 rings (SSSR count). The molecule has 0 unspecified atom stereocenters. The maximum Gasteiger partial charge on any atom is 0.330 e. The van der Waals surface area contributed by atoms with Gasteiger partial charge in [0.1, 0.15) is 0 Å². The summed E-state index contributed by atoms with van der Waals surface area (Å²) in [6.07, 6.45) is 5.35. The Labute approximate surface area is 141 Å². The van der Waals surface area contributed by atoms with Crippen LogP contribution in [0.5, 0.6) is 0 Å². The Kier molecular flexibility index (Phi) is 4.25. The van der Waals surface area contributed by atoms with Crippen molar-refractivity contribution in [3.05, 3.63) is 47.8 Å². The van der Waals surface area contributed by atoms with Crippen LogP contribution in [0.25, 0.3) is 28.2 Å². The largest absolute Gasteiger partial charge is 0.463 e. The fourth-order valence-electron chi connectivity index (χ4n) is 3.07. The molecule has 3 aromatic rings. The van der Waals surface area contributed by atoms with Gasteiger partial charge in [0.2, 0.25) is 0 Å². The van der Waals surface area contributed by atoms with Gasteiger partial charge in [0.05, 0.1) is 18.0 Å². The highest BCUT2D eigenvalue weighted by Gasteiger charge is 2.17. The Hall–Kier alpha value is -2.82. The summed E-state index contributed by atoms with van der Waals surface area (Å²) in [5, 5.41) is 5.69. The summed E-state index contributed by atoms with van der Waals surface area (Å²) in [4.78, 5) is 11.7. The maximum atomic E-state index is 11.7. The van der Waals surface area contributed by atoms with Crippen molar-refractivity contribution >= 4 is 22.9 Å². The standard InChI is InChI=1S/C19H21N3O2/c1-5-24-18(23)11-10-14-13(2)20-22(4)19(14)16-12-21(3)17-9-7-6-8-15(16)17/h6-12H,5H2,1-4H3. The van der Waals surface area contributed by atoms with E-state index in [1.54, 1.807) is 13.0 Å². The van der Waals surface area contributed by atoms with Gasteiger partial charge in [-0.3, -0.25) is 4.68 Å². The molecule has 24 heavy (non-hydrogen) atoms. The predicted octanol–water partition coefficient (Wildman–Crippen LogP) is 3.46. The third kappa shape index (κ3) is 2.73. The van der Waals surface area contributed by atoms with E-state index < -0.39 is 0 Å². The first-order valence-corrected chi connectivity index (χ1v) is 7.95. The van der Waals surface area contributed by atoms with Gasteiger partial charge in [0, 0.05) is 48.4 Å². The quantitative estimate of drug-likeness (QED) is 0.546. The molecule has 0 saturated carbocycles. The number of esters is 1. The summed E-state index contributed by atoms with van der Waals surface area (Å²) in [5.74, 6) is -0.343. The van der Waals surface area contributed by atoms with Gasteiger partial charge in [-0.2, -0.15) is 5.10 Å². The van der Waals surface area contributed by atoms with Gasteiger partial charge < -0.3 is 9.30 Å². The number of benzene rings is 1. The number of hydrogen-bond acceptors (Lipinski definition) is 3. The Morgan fingerprint density at radius 1 is 1.29 bits per heavy atom.